The number of rotatable bonds is 4. The van der Waals surface area contributed by atoms with Crippen molar-refractivity contribution in [3.63, 3.8) is 0 Å². The third kappa shape index (κ3) is 4.05. The molecule has 2 amide bonds. The van der Waals surface area contributed by atoms with E-state index in [-0.39, 0.29) is 27.7 Å². The average molecular weight is 472 g/mol. The van der Waals surface area contributed by atoms with Crippen molar-refractivity contribution >= 4 is 62.2 Å². The van der Waals surface area contributed by atoms with Crippen molar-refractivity contribution in [1.29, 1.82) is 0 Å². The largest absolute Gasteiger partial charge is 0.293 e. The summed E-state index contributed by atoms with van der Waals surface area (Å²) < 4.78 is 14.2. The van der Waals surface area contributed by atoms with Gasteiger partial charge in [0.05, 0.1) is 20.8 Å². The Morgan fingerprint density at radius 1 is 1.30 bits per heavy atom. The predicted molar refractivity (Wildman–Crippen MR) is 104 cm³/mol. The number of amides is 2. The van der Waals surface area contributed by atoms with Gasteiger partial charge >= 0.3 is 0 Å². The summed E-state index contributed by atoms with van der Waals surface area (Å²) in [6.07, 6.45) is 1.38. The highest BCUT2D eigenvalue weighted by atomic mass is 79.9. The molecule has 0 N–H and O–H groups in total. The van der Waals surface area contributed by atoms with Gasteiger partial charge in [-0.15, -0.1) is 0 Å². The minimum absolute atomic E-state index is 0.0435. The number of nitro groups is 1. The van der Waals surface area contributed by atoms with E-state index in [0.717, 1.165) is 4.90 Å². The van der Waals surface area contributed by atoms with Crippen molar-refractivity contribution in [2.75, 3.05) is 0 Å². The topological polar surface area (TPSA) is 80.5 Å². The Hall–Kier alpha value is -2.23. The van der Waals surface area contributed by atoms with E-state index in [1.165, 1.54) is 36.4 Å². The van der Waals surface area contributed by atoms with E-state index in [4.69, 9.17) is 11.6 Å². The van der Waals surface area contributed by atoms with Crippen LogP contribution in [0.1, 0.15) is 11.1 Å². The molecule has 3 rings (SSSR count). The number of nitrogens with zero attached hydrogens (tertiary/aromatic N) is 2. The van der Waals surface area contributed by atoms with Crippen molar-refractivity contribution in [3.05, 3.63) is 77.9 Å². The summed E-state index contributed by atoms with van der Waals surface area (Å²) in [4.78, 5) is 36.2. The van der Waals surface area contributed by atoms with Gasteiger partial charge in [0.15, 0.2) is 0 Å². The van der Waals surface area contributed by atoms with Crippen LogP contribution in [-0.2, 0) is 11.3 Å². The monoisotopic (exact) mass is 470 g/mol. The second kappa shape index (κ2) is 7.79. The SMILES string of the molecule is O=C1S/C(=C\c2ccc(Br)c([N+](=O)[O-])c2)C(=O)N1Cc1c(F)cccc1Cl. The van der Waals surface area contributed by atoms with Gasteiger partial charge in [0.25, 0.3) is 16.8 Å². The second-order valence-corrected chi connectivity index (χ2v) is 7.69. The Morgan fingerprint density at radius 2 is 2.04 bits per heavy atom. The Morgan fingerprint density at radius 3 is 2.70 bits per heavy atom. The van der Waals surface area contributed by atoms with E-state index in [1.54, 1.807) is 6.07 Å². The quantitative estimate of drug-likeness (QED) is 0.339. The van der Waals surface area contributed by atoms with Gasteiger partial charge in [-0.25, -0.2) is 4.39 Å². The first-order chi connectivity index (χ1) is 12.8. The maximum atomic E-state index is 13.9. The molecular weight excluding hydrogens is 463 g/mol. The zero-order valence-electron chi connectivity index (χ0n) is 13.3. The Kier molecular flexibility index (Phi) is 5.64. The molecule has 1 aliphatic rings. The summed E-state index contributed by atoms with van der Waals surface area (Å²) in [5.41, 5.74) is 0.266. The Labute approximate surface area is 170 Å². The molecule has 10 heteroatoms. The molecule has 1 heterocycles. The van der Waals surface area contributed by atoms with Crippen molar-refractivity contribution in [1.82, 2.24) is 4.90 Å². The van der Waals surface area contributed by atoms with Crippen LogP contribution in [0.4, 0.5) is 14.9 Å². The number of benzene rings is 2. The summed E-state index contributed by atoms with van der Waals surface area (Å²) in [6.45, 7) is -0.298. The first kappa shape index (κ1) is 19.5. The molecule has 0 bridgehead atoms. The number of thioether (sulfide) groups is 1. The summed E-state index contributed by atoms with van der Waals surface area (Å²) in [5, 5.41) is 10.6. The Balaban J connectivity index is 1.89. The highest BCUT2D eigenvalue weighted by Gasteiger charge is 2.36. The fourth-order valence-corrected chi connectivity index (χ4v) is 3.84. The molecule has 1 fully saturated rings. The van der Waals surface area contributed by atoms with Crippen molar-refractivity contribution in [2.45, 2.75) is 6.54 Å². The zero-order valence-corrected chi connectivity index (χ0v) is 16.5. The van der Waals surface area contributed by atoms with Crippen molar-refractivity contribution in [2.24, 2.45) is 0 Å². The van der Waals surface area contributed by atoms with Gasteiger partial charge in [0.2, 0.25) is 0 Å². The lowest BCUT2D eigenvalue weighted by Gasteiger charge is -2.14. The molecule has 138 valence electrons. The molecule has 2 aromatic rings. The summed E-state index contributed by atoms with van der Waals surface area (Å²) in [6, 6.07) is 8.42. The van der Waals surface area contributed by atoms with Crippen LogP contribution >= 0.6 is 39.3 Å². The fourth-order valence-electron chi connectivity index (χ4n) is 2.39. The van der Waals surface area contributed by atoms with Gasteiger partial charge in [0, 0.05) is 16.7 Å². The van der Waals surface area contributed by atoms with E-state index in [9.17, 15) is 24.1 Å². The average Bonchev–Trinajstić information content (AvgIpc) is 2.86. The number of carbonyl (C=O) groups is 2. The van der Waals surface area contributed by atoms with Gasteiger partial charge in [-0.3, -0.25) is 24.6 Å². The van der Waals surface area contributed by atoms with Crippen LogP contribution in [0.2, 0.25) is 5.02 Å². The van der Waals surface area contributed by atoms with Crippen LogP contribution in [0, 0.1) is 15.9 Å². The van der Waals surface area contributed by atoms with Gasteiger partial charge in [-0.05, 0) is 57.5 Å². The molecule has 0 atom stereocenters. The number of carbonyl (C=O) groups excluding carboxylic acids is 2. The standard InChI is InChI=1S/C17H9BrClFN2O4S/c18-11-5-4-9(6-14(11)22(25)26)7-15-16(23)21(17(24)27-15)8-10-12(19)2-1-3-13(10)20/h1-7H,8H2/b15-7-. The molecule has 2 aromatic carbocycles. The van der Waals surface area contributed by atoms with Gasteiger partial charge in [0.1, 0.15) is 5.82 Å². The van der Waals surface area contributed by atoms with Crippen LogP contribution in [0.5, 0.6) is 0 Å². The molecule has 0 spiro atoms. The zero-order chi connectivity index (χ0) is 19.7. The number of hydrogen-bond donors (Lipinski definition) is 0. The van der Waals surface area contributed by atoms with E-state index in [0.29, 0.717) is 21.8 Å². The molecule has 0 unspecified atom stereocenters. The van der Waals surface area contributed by atoms with Crippen LogP contribution < -0.4 is 0 Å². The first-order valence-corrected chi connectivity index (χ1v) is 9.39. The van der Waals surface area contributed by atoms with Crippen LogP contribution in [0.3, 0.4) is 0 Å². The summed E-state index contributed by atoms with van der Waals surface area (Å²) in [5.74, 6) is -1.23. The molecule has 6 nitrogen and oxygen atoms in total. The van der Waals surface area contributed by atoms with Crippen molar-refractivity contribution < 1.29 is 18.9 Å². The normalized spacial score (nSPS) is 15.7. The molecule has 27 heavy (non-hydrogen) atoms. The minimum Gasteiger partial charge on any atom is -0.268 e. The lowest BCUT2D eigenvalue weighted by Crippen LogP contribution is -2.28. The van der Waals surface area contributed by atoms with E-state index < -0.39 is 21.9 Å². The highest BCUT2D eigenvalue weighted by molar-refractivity contribution is 9.10. The van der Waals surface area contributed by atoms with Gasteiger partial charge < -0.3 is 0 Å². The lowest BCUT2D eigenvalue weighted by atomic mass is 10.1. The molecule has 1 saturated heterocycles. The number of nitro benzene ring substituents is 1. The number of halogens is 3. The predicted octanol–water partition coefficient (Wildman–Crippen LogP) is 5.39. The van der Waals surface area contributed by atoms with Gasteiger partial charge in [-0.1, -0.05) is 23.7 Å². The number of hydrogen-bond acceptors (Lipinski definition) is 5. The fraction of sp³-hybridized carbons (Fsp3) is 0.0588. The van der Waals surface area contributed by atoms with Crippen molar-refractivity contribution in [3.8, 4) is 0 Å². The molecule has 1 aliphatic heterocycles. The van der Waals surface area contributed by atoms with Crippen LogP contribution in [-0.4, -0.2) is 21.0 Å². The molecule has 0 radical (unpaired) electrons. The third-order valence-corrected chi connectivity index (χ3v) is 5.65. The van der Waals surface area contributed by atoms with Crippen LogP contribution in [0.15, 0.2) is 45.8 Å². The molecular formula is C17H9BrClFN2O4S. The second-order valence-electron chi connectivity index (χ2n) is 5.44. The van der Waals surface area contributed by atoms with E-state index in [2.05, 4.69) is 15.9 Å². The number of imide groups is 1. The maximum Gasteiger partial charge on any atom is 0.293 e. The maximum absolute atomic E-state index is 13.9. The van der Waals surface area contributed by atoms with E-state index in [1.807, 2.05) is 0 Å². The first-order valence-electron chi connectivity index (χ1n) is 7.40. The molecule has 0 aliphatic carbocycles. The minimum atomic E-state index is -0.617. The lowest BCUT2D eigenvalue weighted by molar-refractivity contribution is -0.385. The van der Waals surface area contributed by atoms with E-state index >= 15 is 0 Å². The van der Waals surface area contributed by atoms with Gasteiger partial charge in [-0.2, -0.15) is 0 Å². The third-order valence-electron chi connectivity index (χ3n) is 3.72. The molecule has 0 saturated carbocycles. The Bertz CT molecular complexity index is 994. The summed E-state index contributed by atoms with van der Waals surface area (Å²) >= 11 is 9.71. The van der Waals surface area contributed by atoms with Crippen LogP contribution in [0.25, 0.3) is 6.08 Å². The smallest absolute Gasteiger partial charge is 0.268 e. The highest BCUT2D eigenvalue weighted by Crippen LogP contribution is 2.35. The molecule has 0 aromatic heterocycles. The summed E-state index contributed by atoms with van der Waals surface area (Å²) in [7, 11) is 0.